The summed E-state index contributed by atoms with van der Waals surface area (Å²) in [6, 6.07) is 15.5. The standard InChI is InChI=1S/C22H15F2N3O3/c23-13-6-7-16-18(11-13)27(15-4-2-1-3-5-15)19-12-14(24)10-17(22(19)26-16)25-20(28)8-9-21(29)30/h1-7,10-12H,8-9H2,(H,29,30)/p+1. The minimum absolute atomic E-state index is 0.108. The van der Waals surface area contributed by atoms with E-state index < -0.39 is 23.5 Å². The van der Waals surface area contributed by atoms with Crippen molar-refractivity contribution in [1.82, 2.24) is 4.98 Å². The van der Waals surface area contributed by atoms with Gasteiger partial charge >= 0.3 is 5.97 Å². The number of nitrogens with zero attached hydrogens (tertiary/aromatic N) is 2. The van der Waals surface area contributed by atoms with Gasteiger partial charge in [-0.25, -0.2) is 13.8 Å². The number of rotatable bonds is 5. The molecule has 0 unspecified atom stereocenters. The molecule has 0 atom stereocenters. The van der Waals surface area contributed by atoms with Gasteiger partial charge in [0.25, 0.3) is 0 Å². The Balaban J connectivity index is 1.97. The van der Waals surface area contributed by atoms with Crippen LogP contribution in [0.3, 0.4) is 0 Å². The second-order valence-electron chi connectivity index (χ2n) is 6.68. The summed E-state index contributed by atoms with van der Waals surface area (Å²) >= 11 is 0. The molecule has 30 heavy (non-hydrogen) atoms. The quantitative estimate of drug-likeness (QED) is 0.389. The molecule has 0 aliphatic rings. The van der Waals surface area contributed by atoms with E-state index in [9.17, 15) is 18.4 Å². The Morgan fingerprint density at radius 1 is 0.933 bits per heavy atom. The number of fused-ring (bicyclic) bond motifs is 2. The molecule has 0 fully saturated rings. The number of carboxylic acid groups (broad SMARTS) is 1. The summed E-state index contributed by atoms with van der Waals surface area (Å²) in [7, 11) is 0. The fourth-order valence-corrected chi connectivity index (χ4v) is 3.28. The molecular formula is C22H16F2N3O3+. The van der Waals surface area contributed by atoms with E-state index >= 15 is 0 Å². The van der Waals surface area contributed by atoms with E-state index in [4.69, 9.17) is 5.11 Å². The van der Waals surface area contributed by atoms with Gasteiger partial charge in [0, 0.05) is 36.8 Å². The lowest BCUT2D eigenvalue weighted by molar-refractivity contribution is -0.538. The summed E-state index contributed by atoms with van der Waals surface area (Å²) < 4.78 is 30.1. The Morgan fingerprint density at radius 2 is 1.67 bits per heavy atom. The topological polar surface area (TPSA) is 83.2 Å². The number of amides is 1. The van der Waals surface area contributed by atoms with Gasteiger partial charge in [-0.15, -0.1) is 4.57 Å². The molecule has 4 aromatic rings. The van der Waals surface area contributed by atoms with E-state index in [-0.39, 0.29) is 18.5 Å². The van der Waals surface area contributed by atoms with E-state index in [2.05, 4.69) is 10.3 Å². The molecule has 1 aromatic heterocycles. The summed E-state index contributed by atoms with van der Waals surface area (Å²) in [5, 5.41) is 11.3. The van der Waals surface area contributed by atoms with Crippen LogP contribution >= 0.6 is 0 Å². The zero-order chi connectivity index (χ0) is 21.3. The third-order valence-electron chi connectivity index (χ3n) is 4.56. The summed E-state index contributed by atoms with van der Waals surface area (Å²) in [6.07, 6.45) is -0.608. The zero-order valence-corrected chi connectivity index (χ0v) is 15.6. The number of carboxylic acids is 1. The van der Waals surface area contributed by atoms with Crippen LogP contribution < -0.4 is 9.88 Å². The van der Waals surface area contributed by atoms with Crippen molar-refractivity contribution in [3.05, 3.63) is 72.3 Å². The van der Waals surface area contributed by atoms with E-state index in [0.29, 0.717) is 27.8 Å². The van der Waals surface area contributed by atoms with Gasteiger partial charge in [-0.3, -0.25) is 9.59 Å². The van der Waals surface area contributed by atoms with Crippen LogP contribution in [0.1, 0.15) is 12.8 Å². The molecule has 0 saturated carbocycles. The number of halogens is 2. The predicted molar refractivity (Wildman–Crippen MR) is 106 cm³/mol. The van der Waals surface area contributed by atoms with E-state index in [1.54, 1.807) is 28.8 Å². The molecule has 0 bridgehead atoms. The monoisotopic (exact) mass is 408 g/mol. The summed E-state index contributed by atoms with van der Waals surface area (Å²) in [5.41, 5.74) is 2.27. The number of carbonyl (C=O) groups excluding carboxylic acids is 1. The lowest BCUT2D eigenvalue weighted by atomic mass is 10.1. The SMILES string of the molecule is O=C(O)CCC(=O)Nc1cc(F)cc2c1nc1ccc(F)cc1[n+]2-c1ccccc1. The number of aliphatic carboxylic acids is 1. The van der Waals surface area contributed by atoms with Crippen molar-refractivity contribution in [2.75, 3.05) is 5.32 Å². The van der Waals surface area contributed by atoms with Crippen LogP contribution in [-0.4, -0.2) is 22.0 Å². The second kappa shape index (κ2) is 7.82. The molecule has 0 saturated heterocycles. The molecule has 6 nitrogen and oxygen atoms in total. The van der Waals surface area contributed by atoms with Gasteiger partial charge in [0.1, 0.15) is 17.2 Å². The van der Waals surface area contributed by atoms with Gasteiger partial charge in [0.05, 0.1) is 12.1 Å². The zero-order valence-electron chi connectivity index (χ0n) is 15.6. The maximum atomic E-state index is 14.5. The molecule has 1 heterocycles. The molecule has 8 heteroatoms. The smallest absolute Gasteiger partial charge is 0.303 e. The average Bonchev–Trinajstić information content (AvgIpc) is 2.71. The first-order chi connectivity index (χ1) is 14.4. The van der Waals surface area contributed by atoms with Gasteiger partial charge in [0.15, 0.2) is 5.52 Å². The Kier molecular flexibility index (Phi) is 5.05. The molecule has 0 radical (unpaired) electrons. The van der Waals surface area contributed by atoms with Crippen LogP contribution in [0, 0.1) is 11.6 Å². The van der Waals surface area contributed by atoms with E-state index in [1.807, 2.05) is 6.07 Å². The third-order valence-corrected chi connectivity index (χ3v) is 4.56. The van der Waals surface area contributed by atoms with Crippen molar-refractivity contribution in [3.63, 3.8) is 0 Å². The molecule has 1 amide bonds. The highest BCUT2D eigenvalue weighted by molar-refractivity contribution is 6.00. The van der Waals surface area contributed by atoms with Crippen molar-refractivity contribution in [1.29, 1.82) is 0 Å². The van der Waals surface area contributed by atoms with Gasteiger partial charge in [-0.2, -0.15) is 0 Å². The molecule has 2 N–H and O–H groups in total. The van der Waals surface area contributed by atoms with Crippen molar-refractivity contribution < 1.29 is 28.0 Å². The lowest BCUT2D eigenvalue weighted by Gasteiger charge is -2.10. The van der Waals surface area contributed by atoms with Gasteiger partial charge in [-0.1, -0.05) is 18.2 Å². The van der Waals surface area contributed by atoms with Gasteiger partial charge < -0.3 is 10.4 Å². The van der Waals surface area contributed by atoms with Gasteiger partial charge in [-0.05, 0) is 12.1 Å². The van der Waals surface area contributed by atoms with Crippen molar-refractivity contribution in [3.8, 4) is 5.69 Å². The normalized spacial score (nSPS) is 11.0. The van der Waals surface area contributed by atoms with Crippen LogP contribution in [-0.2, 0) is 9.59 Å². The number of hydrogen-bond acceptors (Lipinski definition) is 3. The highest BCUT2D eigenvalue weighted by Gasteiger charge is 2.23. The minimum Gasteiger partial charge on any atom is -0.481 e. The average molecular weight is 408 g/mol. The van der Waals surface area contributed by atoms with E-state index in [0.717, 1.165) is 6.07 Å². The van der Waals surface area contributed by atoms with Gasteiger partial charge in [0.2, 0.25) is 22.6 Å². The summed E-state index contributed by atoms with van der Waals surface area (Å²) in [5.74, 6) is -2.77. The van der Waals surface area contributed by atoms with Crippen LogP contribution in [0.15, 0.2) is 60.7 Å². The second-order valence-corrected chi connectivity index (χ2v) is 6.68. The molecule has 150 valence electrons. The van der Waals surface area contributed by atoms with Crippen molar-refractivity contribution in [2.45, 2.75) is 12.8 Å². The maximum Gasteiger partial charge on any atom is 0.303 e. The van der Waals surface area contributed by atoms with Crippen molar-refractivity contribution >= 4 is 39.6 Å². The summed E-state index contributed by atoms with van der Waals surface area (Å²) in [4.78, 5) is 27.4. The molecular weight excluding hydrogens is 392 g/mol. The first-order valence-corrected chi connectivity index (χ1v) is 9.14. The first kappa shape index (κ1) is 19.4. The van der Waals surface area contributed by atoms with Crippen LogP contribution in [0.2, 0.25) is 0 Å². The Morgan fingerprint density at radius 3 is 2.40 bits per heavy atom. The number of para-hydroxylation sites is 1. The predicted octanol–water partition coefficient (Wildman–Crippen LogP) is 3.75. The first-order valence-electron chi connectivity index (χ1n) is 9.14. The largest absolute Gasteiger partial charge is 0.481 e. The summed E-state index contributed by atoms with van der Waals surface area (Å²) in [6.45, 7) is 0. The van der Waals surface area contributed by atoms with Crippen LogP contribution in [0.4, 0.5) is 14.5 Å². The minimum atomic E-state index is -1.11. The maximum absolute atomic E-state index is 14.5. The molecule has 0 spiro atoms. The number of hydrogen-bond donors (Lipinski definition) is 2. The molecule has 3 aromatic carbocycles. The third kappa shape index (κ3) is 3.80. The van der Waals surface area contributed by atoms with Crippen LogP contribution in [0.25, 0.3) is 27.8 Å². The number of benzene rings is 3. The van der Waals surface area contributed by atoms with E-state index in [1.165, 1.54) is 24.3 Å². The fourth-order valence-electron chi connectivity index (χ4n) is 3.28. The van der Waals surface area contributed by atoms with Crippen LogP contribution in [0.5, 0.6) is 0 Å². The molecule has 0 aliphatic heterocycles. The molecule has 4 rings (SSSR count). The number of anilines is 1. The van der Waals surface area contributed by atoms with Crippen molar-refractivity contribution in [2.24, 2.45) is 0 Å². The molecule has 0 aliphatic carbocycles. The Hall–Kier alpha value is -3.94. The lowest BCUT2D eigenvalue weighted by Crippen LogP contribution is -2.33. The number of carbonyl (C=O) groups is 2. The Bertz CT molecular complexity index is 1290. The highest BCUT2D eigenvalue weighted by atomic mass is 19.1. The Labute approximate surface area is 169 Å². The fraction of sp³-hybridized carbons (Fsp3) is 0.0909. The highest BCUT2D eigenvalue weighted by Crippen LogP contribution is 2.26. The number of nitrogens with one attached hydrogen (secondary N) is 1. The number of aromatic nitrogens is 2.